The highest BCUT2D eigenvalue weighted by molar-refractivity contribution is 5.82. The number of hydrogen-bond donors (Lipinski definition) is 1. The number of fused-ring (bicyclic) bond motifs is 2. The van der Waals surface area contributed by atoms with Gasteiger partial charge in [-0.25, -0.2) is 0 Å². The van der Waals surface area contributed by atoms with Gasteiger partial charge in [0.1, 0.15) is 5.78 Å². The third kappa shape index (κ3) is 1.83. The molecule has 1 N–H and O–H groups in total. The first-order chi connectivity index (χ1) is 7.33. The first-order valence-corrected chi connectivity index (χ1v) is 6.24. The number of carbonyl (C=O) groups is 1. The quantitative estimate of drug-likeness (QED) is 0.760. The van der Waals surface area contributed by atoms with Crippen LogP contribution in [0.3, 0.4) is 0 Å². The SMILES string of the molecule is O=C(CC1CCCN1)C1CC2CCC1O2. The van der Waals surface area contributed by atoms with Crippen LogP contribution >= 0.6 is 0 Å². The first-order valence-electron chi connectivity index (χ1n) is 6.24. The maximum absolute atomic E-state index is 12.1. The molecule has 0 aliphatic carbocycles. The molecule has 4 unspecified atom stereocenters. The first kappa shape index (κ1) is 9.79. The van der Waals surface area contributed by atoms with Gasteiger partial charge in [0.15, 0.2) is 0 Å². The van der Waals surface area contributed by atoms with Gasteiger partial charge in [-0.15, -0.1) is 0 Å². The van der Waals surface area contributed by atoms with Crippen molar-refractivity contribution < 1.29 is 9.53 Å². The van der Waals surface area contributed by atoms with Crippen LogP contribution in [0.5, 0.6) is 0 Å². The maximum atomic E-state index is 12.1. The fourth-order valence-corrected chi connectivity index (χ4v) is 3.30. The molecule has 0 saturated carbocycles. The van der Waals surface area contributed by atoms with Crippen molar-refractivity contribution in [3.63, 3.8) is 0 Å². The second-order valence-electron chi connectivity index (χ2n) is 5.18. The van der Waals surface area contributed by atoms with Gasteiger partial charge in [0.25, 0.3) is 0 Å². The molecule has 0 radical (unpaired) electrons. The third-order valence-electron chi connectivity index (χ3n) is 4.13. The molecule has 3 rings (SSSR count). The lowest BCUT2D eigenvalue weighted by molar-refractivity contribution is -0.124. The Hall–Kier alpha value is -0.410. The van der Waals surface area contributed by atoms with Gasteiger partial charge in [-0.05, 0) is 38.6 Å². The van der Waals surface area contributed by atoms with E-state index in [1.165, 1.54) is 19.3 Å². The molecule has 3 aliphatic heterocycles. The molecule has 3 heteroatoms. The normalized spacial score (nSPS) is 43.7. The van der Waals surface area contributed by atoms with E-state index in [0.29, 0.717) is 17.9 Å². The van der Waals surface area contributed by atoms with Crippen LogP contribution in [-0.2, 0) is 9.53 Å². The molecule has 0 amide bonds. The van der Waals surface area contributed by atoms with Crippen LogP contribution in [0.25, 0.3) is 0 Å². The molecule has 3 aliphatic rings. The summed E-state index contributed by atoms with van der Waals surface area (Å²) in [7, 11) is 0. The Balaban J connectivity index is 1.56. The van der Waals surface area contributed by atoms with Crippen LogP contribution < -0.4 is 5.32 Å². The van der Waals surface area contributed by atoms with Gasteiger partial charge in [0, 0.05) is 18.4 Å². The van der Waals surface area contributed by atoms with E-state index in [-0.39, 0.29) is 12.0 Å². The highest BCUT2D eigenvalue weighted by atomic mass is 16.5. The van der Waals surface area contributed by atoms with Gasteiger partial charge < -0.3 is 10.1 Å². The number of ketones is 1. The lowest BCUT2D eigenvalue weighted by Crippen LogP contribution is -2.31. The van der Waals surface area contributed by atoms with Crippen molar-refractivity contribution >= 4 is 5.78 Å². The van der Waals surface area contributed by atoms with Gasteiger partial charge in [-0.2, -0.15) is 0 Å². The van der Waals surface area contributed by atoms with Crippen LogP contribution in [0.4, 0.5) is 0 Å². The molecule has 0 aromatic carbocycles. The van der Waals surface area contributed by atoms with E-state index in [4.69, 9.17) is 4.74 Å². The summed E-state index contributed by atoms with van der Waals surface area (Å²) in [4.78, 5) is 12.1. The smallest absolute Gasteiger partial charge is 0.140 e. The lowest BCUT2D eigenvalue weighted by Gasteiger charge is -2.19. The van der Waals surface area contributed by atoms with Crippen LogP contribution in [0, 0.1) is 5.92 Å². The molecular weight excluding hydrogens is 190 g/mol. The molecule has 4 atom stereocenters. The molecule has 0 spiro atoms. The average molecular weight is 209 g/mol. The van der Waals surface area contributed by atoms with Crippen molar-refractivity contribution in [3.8, 4) is 0 Å². The average Bonchev–Trinajstić information content (AvgIpc) is 2.93. The topological polar surface area (TPSA) is 38.3 Å². The van der Waals surface area contributed by atoms with Gasteiger partial charge in [-0.3, -0.25) is 4.79 Å². The fraction of sp³-hybridized carbons (Fsp3) is 0.917. The number of Topliss-reactive ketones (excluding diaryl/α,β-unsaturated/α-hetero) is 1. The highest BCUT2D eigenvalue weighted by Gasteiger charge is 2.44. The summed E-state index contributed by atoms with van der Waals surface area (Å²) < 4.78 is 5.73. The second-order valence-corrected chi connectivity index (χ2v) is 5.18. The molecule has 84 valence electrons. The number of nitrogens with one attached hydrogen (secondary N) is 1. The molecule has 3 nitrogen and oxygen atoms in total. The van der Waals surface area contributed by atoms with Crippen LogP contribution in [-0.4, -0.2) is 30.6 Å². The summed E-state index contributed by atoms with van der Waals surface area (Å²) in [5.41, 5.74) is 0. The molecule has 0 aromatic rings. The number of ether oxygens (including phenoxy) is 1. The van der Waals surface area contributed by atoms with Gasteiger partial charge in [0.2, 0.25) is 0 Å². The number of hydrogen-bond acceptors (Lipinski definition) is 3. The summed E-state index contributed by atoms with van der Waals surface area (Å²) in [5.74, 6) is 0.674. The summed E-state index contributed by atoms with van der Waals surface area (Å²) in [6.45, 7) is 1.09. The minimum atomic E-state index is 0.228. The second kappa shape index (κ2) is 3.87. The van der Waals surface area contributed by atoms with Gasteiger partial charge in [0.05, 0.1) is 12.2 Å². The van der Waals surface area contributed by atoms with E-state index in [9.17, 15) is 4.79 Å². The van der Waals surface area contributed by atoms with E-state index in [2.05, 4.69) is 5.32 Å². The van der Waals surface area contributed by atoms with Gasteiger partial charge in [-0.1, -0.05) is 0 Å². The van der Waals surface area contributed by atoms with Crippen LogP contribution in [0.1, 0.15) is 38.5 Å². The lowest BCUT2D eigenvalue weighted by atomic mass is 9.84. The summed E-state index contributed by atoms with van der Waals surface area (Å²) >= 11 is 0. The van der Waals surface area contributed by atoms with E-state index in [0.717, 1.165) is 25.8 Å². The molecular formula is C12H19NO2. The Kier molecular flexibility index (Phi) is 2.53. The van der Waals surface area contributed by atoms with Crippen molar-refractivity contribution in [2.45, 2.75) is 56.8 Å². The predicted octanol–water partition coefficient (Wildman–Crippen LogP) is 1.27. The van der Waals surface area contributed by atoms with E-state index in [1.807, 2.05) is 0 Å². The Bertz CT molecular complexity index is 260. The van der Waals surface area contributed by atoms with Crippen molar-refractivity contribution in [2.24, 2.45) is 5.92 Å². The largest absolute Gasteiger partial charge is 0.374 e. The molecule has 2 bridgehead atoms. The predicted molar refractivity (Wildman–Crippen MR) is 56.7 cm³/mol. The van der Waals surface area contributed by atoms with Crippen LogP contribution in [0.2, 0.25) is 0 Å². The maximum Gasteiger partial charge on any atom is 0.140 e. The minimum Gasteiger partial charge on any atom is -0.374 e. The summed E-state index contributed by atoms with van der Waals surface area (Å²) in [5, 5.41) is 3.39. The van der Waals surface area contributed by atoms with Crippen molar-refractivity contribution in [1.29, 1.82) is 0 Å². The standard InChI is InChI=1S/C12H19NO2/c14-11(6-8-2-1-5-13-8)10-7-9-3-4-12(10)15-9/h8-10,12-13H,1-7H2. The van der Waals surface area contributed by atoms with E-state index in [1.54, 1.807) is 0 Å². The summed E-state index contributed by atoms with van der Waals surface area (Å²) in [6.07, 6.45) is 7.09. The zero-order valence-corrected chi connectivity index (χ0v) is 9.08. The Morgan fingerprint density at radius 3 is 2.87 bits per heavy atom. The van der Waals surface area contributed by atoms with Crippen molar-refractivity contribution in [1.82, 2.24) is 5.32 Å². The minimum absolute atomic E-state index is 0.228. The Labute approximate surface area is 90.6 Å². The Morgan fingerprint density at radius 1 is 1.33 bits per heavy atom. The molecule has 3 fully saturated rings. The zero-order chi connectivity index (χ0) is 10.3. The number of rotatable bonds is 3. The molecule has 15 heavy (non-hydrogen) atoms. The fourth-order valence-electron chi connectivity index (χ4n) is 3.30. The van der Waals surface area contributed by atoms with Crippen molar-refractivity contribution in [2.75, 3.05) is 6.54 Å². The zero-order valence-electron chi connectivity index (χ0n) is 9.08. The van der Waals surface area contributed by atoms with Crippen LogP contribution in [0.15, 0.2) is 0 Å². The Morgan fingerprint density at radius 2 is 2.27 bits per heavy atom. The number of carbonyl (C=O) groups excluding carboxylic acids is 1. The molecule has 3 saturated heterocycles. The third-order valence-corrected chi connectivity index (χ3v) is 4.13. The molecule has 3 heterocycles. The van der Waals surface area contributed by atoms with E-state index >= 15 is 0 Å². The highest BCUT2D eigenvalue weighted by Crippen LogP contribution is 2.39. The molecule has 0 aromatic heterocycles. The monoisotopic (exact) mass is 209 g/mol. The van der Waals surface area contributed by atoms with Gasteiger partial charge >= 0.3 is 0 Å². The van der Waals surface area contributed by atoms with E-state index < -0.39 is 0 Å². The van der Waals surface area contributed by atoms with Crippen molar-refractivity contribution in [3.05, 3.63) is 0 Å². The summed E-state index contributed by atoms with van der Waals surface area (Å²) in [6, 6.07) is 0.455.